The zero-order valence-electron chi connectivity index (χ0n) is 9.39. The summed E-state index contributed by atoms with van der Waals surface area (Å²) in [4.78, 5) is 17.4. The van der Waals surface area contributed by atoms with Gasteiger partial charge in [0, 0.05) is 18.8 Å². The summed E-state index contributed by atoms with van der Waals surface area (Å²) in [6.45, 7) is 3.42. The smallest absolute Gasteiger partial charge is 0.308 e. The molecule has 1 aromatic heterocycles. The fourth-order valence-electron chi connectivity index (χ4n) is 2.09. The summed E-state index contributed by atoms with van der Waals surface area (Å²) in [6, 6.07) is 5.85. The number of aromatic nitrogens is 1. The Morgan fingerprint density at radius 1 is 1.56 bits per heavy atom. The van der Waals surface area contributed by atoms with Gasteiger partial charge >= 0.3 is 5.97 Å². The molecule has 0 saturated carbocycles. The maximum atomic E-state index is 11.0. The number of carboxylic acids is 1. The van der Waals surface area contributed by atoms with Gasteiger partial charge in [0.05, 0.1) is 5.92 Å². The standard InChI is InChI=1S/C12H16N2O2/c1-9-4-2-6-11(13-9)14-7-3-5-10(8-14)12(15)16/h2,4,6,10H,3,5,7-8H2,1H3,(H,15,16). The van der Waals surface area contributed by atoms with E-state index in [9.17, 15) is 4.79 Å². The molecule has 1 unspecified atom stereocenters. The summed E-state index contributed by atoms with van der Waals surface area (Å²) in [5.41, 5.74) is 0.968. The molecule has 1 aliphatic rings. The molecule has 2 rings (SSSR count). The predicted octanol–water partition coefficient (Wildman–Crippen LogP) is 1.69. The quantitative estimate of drug-likeness (QED) is 0.824. The highest BCUT2D eigenvalue weighted by molar-refractivity contribution is 5.71. The van der Waals surface area contributed by atoms with Crippen LogP contribution in [0.2, 0.25) is 0 Å². The molecule has 2 heterocycles. The van der Waals surface area contributed by atoms with Crippen LogP contribution in [0.1, 0.15) is 18.5 Å². The zero-order chi connectivity index (χ0) is 11.5. The van der Waals surface area contributed by atoms with Crippen LogP contribution in [0.5, 0.6) is 0 Å². The maximum Gasteiger partial charge on any atom is 0.308 e. The molecule has 1 atom stereocenters. The van der Waals surface area contributed by atoms with Gasteiger partial charge in [-0.25, -0.2) is 4.98 Å². The lowest BCUT2D eigenvalue weighted by molar-refractivity contribution is -0.141. The number of hydrogen-bond donors (Lipinski definition) is 1. The maximum absolute atomic E-state index is 11.0. The lowest BCUT2D eigenvalue weighted by Gasteiger charge is -2.31. The Morgan fingerprint density at radius 3 is 3.06 bits per heavy atom. The third-order valence-electron chi connectivity index (χ3n) is 2.97. The largest absolute Gasteiger partial charge is 0.481 e. The molecule has 0 radical (unpaired) electrons. The Labute approximate surface area is 94.9 Å². The Morgan fingerprint density at radius 2 is 2.38 bits per heavy atom. The van der Waals surface area contributed by atoms with E-state index in [4.69, 9.17) is 5.11 Å². The Bertz CT molecular complexity index is 392. The minimum atomic E-state index is -0.697. The number of hydrogen-bond acceptors (Lipinski definition) is 3. The van der Waals surface area contributed by atoms with Crippen LogP contribution in [0, 0.1) is 12.8 Å². The molecule has 0 bridgehead atoms. The SMILES string of the molecule is Cc1cccc(N2CCCC(C(=O)O)C2)n1. The topological polar surface area (TPSA) is 53.4 Å². The summed E-state index contributed by atoms with van der Waals surface area (Å²) in [5, 5.41) is 9.01. The number of carbonyl (C=O) groups is 1. The van der Waals surface area contributed by atoms with E-state index in [-0.39, 0.29) is 5.92 Å². The molecule has 0 spiro atoms. The van der Waals surface area contributed by atoms with Crippen molar-refractivity contribution in [2.75, 3.05) is 18.0 Å². The van der Waals surface area contributed by atoms with Crippen molar-refractivity contribution in [3.63, 3.8) is 0 Å². The number of aryl methyl sites for hydroxylation is 1. The molecule has 0 aromatic carbocycles. The van der Waals surface area contributed by atoms with Crippen molar-refractivity contribution in [2.45, 2.75) is 19.8 Å². The Balaban J connectivity index is 2.12. The second-order valence-electron chi connectivity index (χ2n) is 4.26. The van der Waals surface area contributed by atoms with Gasteiger partial charge in [-0.15, -0.1) is 0 Å². The third-order valence-corrected chi connectivity index (χ3v) is 2.97. The van der Waals surface area contributed by atoms with E-state index < -0.39 is 5.97 Å². The molecule has 1 saturated heterocycles. The average Bonchev–Trinajstić information content (AvgIpc) is 2.29. The van der Waals surface area contributed by atoms with Crippen molar-refractivity contribution in [2.24, 2.45) is 5.92 Å². The first-order valence-corrected chi connectivity index (χ1v) is 5.58. The van der Waals surface area contributed by atoms with Crippen LogP contribution in [-0.2, 0) is 4.79 Å². The molecule has 1 aliphatic heterocycles. The Hall–Kier alpha value is -1.58. The number of anilines is 1. The van der Waals surface area contributed by atoms with Crippen LogP contribution >= 0.6 is 0 Å². The van der Waals surface area contributed by atoms with Gasteiger partial charge in [-0.2, -0.15) is 0 Å². The van der Waals surface area contributed by atoms with Gasteiger partial charge in [0.25, 0.3) is 0 Å². The van der Waals surface area contributed by atoms with E-state index in [1.54, 1.807) is 0 Å². The van der Waals surface area contributed by atoms with Crippen molar-refractivity contribution in [3.8, 4) is 0 Å². The second kappa shape index (κ2) is 4.51. The first-order valence-electron chi connectivity index (χ1n) is 5.58. The molecule has 16 heavy (non-hydrogen) atoms. The molecule has 0 aliphatic carbocycles. The van der Waals surface area contributed by atoms with Gasteiger partial charge in [0.2, 0.25) is 0 Å². The van der Waals surface area contributed by atoms with E-state index in [1.165, 1.54) is 0 Å². The Kier molecular flexibility index (Phi) is 3.08. The highest BCUT2D eigenvalue weighted by Crippen LogP contribution is 2.21. The van der Waals surface area contributed by atoms with Gasteiger partial charge in [-0.1, -0.05) is 6.07 Å². The van der Waals surface area contributed by atoms with Gasteiger partial charge in [-0.05, 0) is 31.9 Å². The molecule has 86 valence electrons. The molecule has 1 fully saturated rings. The lowest BCUT2D eigenvalue weighted by Crippen LogP contribution is -2.39. The van der Waals surface area contributed by atoms with Gasteiger partial charge in [0.15, 0.2) is 0 Å². The normalized spacial score (nSPS) is 20.8. The number of aliphatic carboxylic acids is 1. The second-order valence-corrected chi connectivity index (χ2v) is 4.26. The summed E-state index contributed by atoms with van der Waals surface area (Å²) in [7, 11) is 0. The molecule has 1 aromatic rings. The predicted molar refractivity (Wildman–Crippen MR) is 61.5 cm³/mol. The highest BCUT2D eigenvalue weighted by atomic mass is 16.4. The third kappa shape index (κ3) is 2.32. The lowest BCUT2D eigenvalue weighted by atomic mass is 9.98. The average molecular weight is 220 g/mol. The van der Waals surface area contributed by atoms with E-state index >= 15 is 0 Å². The summed E-state index contributed by atoms with van der Waals surface area (Å²) < 4.78 is 0. The van der Waals surface area contributed by atoms with Crippen LogP contribution < -0.4 is 4.90 Å². The highest BCUT2D eigenvalue weighted by Gasteiger charge is 2.25. The molecular weight excluding hydrogens is 204 g/mol. The monoisotopic (exact) mass is 220 g/mol. The molecule has 4 nitrogen and oxygen atoms in total. The number of pyridine rings is 1. The summed E-state index contributed by atoms with van der Waals surface area (Å²) in [6.07, 6.45) is 1.70. The first-order chi connectivity index (χ1) is 7.66. The van der Waals surface area contributed by atoms with Crippen LogP contribution in [0.3, 0.4) is 0 Å². The minimum absolute atomic E-state index is 0.254. The number of carboxylic acid groups (broad SMARTS) is 1. The van der Waals surface area contributed by atoms with Crippen molar-refractivity contribution in [3.05, 3.63) is 23.9 Å². The van der Waals surface area contributed by atoms with Gasteiger partial charge in [-0.3, -0.25) is 4.79 Å². The fourth-order valence-corrected chi connectivity index (χ4v) is 2.09. The molecule has 1 N–H and O–H groups in total. The van der Waals surface area contributed by atoms with Crippen LogP contribution in [0.15, 0.2) is 18.2 Å². The zero-order valence-corrected chi connectivity index (χ0v) is 9.39. The van der Waals surface area contributed by atoms with E-state index in [0.717, 1.165) is 30.9 Å². The fraction of sp³-hybridized carbons (Fsp3) is 0.500. The van der Waals surface area contributed by atoms with Crippen LogP contribution in [-0.4, -0.2) is 29.1 Å². The van der Waals surface area contributed by atoms with Crippen molar-refractivity contribution >= 4 is 11.8 Å². The van der Waals surface area contributed by atoms with Crippen molar-refractivity contribution in [1.29, 1.82) is 0 Å². The summed E-state index contributed by atoms with van der Waals surface area (Å²) >= 11 is 0. The first kappa shape index (κ1) is 10.9. The van der Waals surface area contributed by atoms with Crippen LogP contribution in [0.4, 0.5) is 5.82 Å². The van der Waals surface area contributed by atoms with E-state index in [2.05, 4.69) is 9.88 Å². The van der Waals surface area contributed by atoms with E-state index in [1.807, 2.05) is 25.1 Å². The number of nitrogens with zero attached hydrogens (tertiary/aromatic N) is 2. The van der Waals surface area contributed by atoms with Crippen molar-refractivity contribution in [1.82, 2.24) is 4.98 Å². The molecule has 4 heteroatoms. The van der Waals surface area contributed by atoms with Crippen LogP contribution in [0.25, 0.3) is 0 Å². The minimum Gasteiger partial charge on any atom is -0.481 e. The molecule has 0 amide bonds. The number of piperidine rings is 1. The summed E-state index contributed by atoms with van der Waals surface area (Å²) in [5.74, 6) is -0.0561. The number of rotatable bonds is 2. The van der Waals surface area contributed by atoms with Gasteiger partial charge in [0.1, 0.15) is 5.82 Å². The molecular formula is C12H16N2O2. The van der Waals surface area contributed by atoms with Gasteiger partial charge < -0.3 is 10.0 Å². The van der Waals surface area contributed by atoms with E-state index in [0.29, 0.717) is 6.54 Å². The van der Waals surface area contributed by atoms with Crippen molar-refractivity contribution < 1.29 is 9.90 Å².